The molecule has 0 radical (unpaired) electrons. The molecule has 12 heteroatoms. The van der Waals surface area contributed by atoms with E-state index in [9.17, 15) is 22.2 Å². The fourth-order valence-electron chi connectivity index (χ4n) is 3.96. The molecule has 4 rings (SSSR count). The van der Waals surface area contributed by atoms with Crippen molar-refractivity contribution in [2.75, 3.05) is 26.4 Å². The van der Waals surface area contributed by atoms with Gasteiger partial charge >= 0.3 is 6.18 Å². The predicted molar refractivity (Wildman–Crippen MR) is 143 cm³/mol. The summed E-state index contributed by atoms with van der Waals surface area (Å²) < 4.78 is 60.7. The van der Waals surface area contributed by atoms with Crippen molar-refractivity contribution in [3.63, 3.8) is 0 Å². The quantitative estimate of drug-likeness (QED) is 0.288. The van der Waals surface area contributed by atoms with Gasteiger partial charge in [0, 0.05) is 40.5 Å². The number of aromatic nitrogens is 2. The lowest BCUT2D eigenvalue weighted by Gasteiger charge is -2.19. The van der Waals surface area contributed by atoms with Crippen molar-refractivity contribution in [2.24, 2.45) is 5.73 Å². The minimum Gasteiger partial charge on any atom is -0.484 e. The number of nitrogens with two attached hydrogens (primary N) is 1. The number of hydrogen-bond acceptors (Lipinski definition) is 6. The number of halogens is 3. The fraction of sp³-hybridized carbons (Fsp3) is 0.308. The average Bonchev–Trinajstić information content (AvgIpc) is 3.46. The maximum Gasteiger partial charge on any atom is 0.416 e. The van der Waals surface area contributed by atoms with Crippen LogP contribution in [-0.4, -0.2) is 51.0 Å². The first-order valence-electron chi connectivity index (χ1n) is 11.7. The lowest BCUT2D eigenvalue weighted by Crippen LogP contribution is -2.19. The highest BCUT2D eigenvalue weighted by Crippen LogP contribution is 2.39. The maximum absolute atomic E-state index is 13.5. The second-order valence-electron chi connectivity index (χ2n) is 9.02. The van der Waals surface area contributed by atoms with Gasteiger partial charge in [0.05, 0.1) is 16.6 Å². The number of fused-ring (bicyclic) bond motifs is 1. The number of rotatable bonds is 10. The number of carbonyl (C=O) groups is 1. The Hall–Kier alpha value is -3.22. The van der Waals surface area contributed by atoms with Crippen LogP contribution in [-0.2, 0) is 22.7 Å². The van der Waals surface area contributed by atoms with Crippen LogP contribution >= 0.6 is 11.3 Å². The number of benzene rings is 2. The van der Waals surface area contributed by atoms with Crippen LogP contribution in [0.25, 0.3) is 16.0 Å². The summed E-state index contributed by atoms with van der Waals surface area (Å²) in [4.78, 5) is 18.7. The van der Waals surface area contributed by atoms with Gasteiger partial charge in [-0.25, -0.2) is 4.98 Å². The van der Waals surface area contributed by atoms with Crippen LogP contribution in [0.4, 0.5) is 13.2 Å². The van der Waals surface area contributed by atoms with Gasteiger partial charge in [-0.1, -0.05) is 24.3 Å². The first-order valence-corrected chi connectivity index (χ1v) is 14.0. The zero-order chi connectivity index (χ0) is 27.6. The Balaban J connectivity index is 1.65. The summed E-state index contributed by atoms with van der Waals surface area (Å²) in [6.45, 7) is 2.20. The van der Waals surface area contributed by atoms with Crippen molar-refractivity contribution in [1.29, 1.82) is 0 Å². The molecule has 2 heterocycles. The number of ether oxygens (including phenoxy) is 1. The Morgan fingerprint density at radius 3 is 2.63 bits per heavy atom. The van der Waals surface area contributed by atoms with Crippen LogP contribution in [0.3, 0.4) is 0 Å². The third-order valence-electron chi connectivity index (χ3n) is 5.86. The molecule has 2 aromatic heterocycles. The van der Waals surface area contributed by atoms with Crippen molar-refractivity contribution in [1.82, 2.24) is 14.5 Å². The number of carbonyl (C=O) groups excluding carboxylic acids is 1. The van der Waals surface area contributed by atoms with Gasteiger partial charge in [-0.2, -0.15) is 13.2 Å². The van der Waals surface area contributed by atoms with Crippen molar-refractivity contribution in [2.45, 2.75) is 25.0 Å². The molecule has 0 fully saturated rings. The first kappa shape index (κ1) is 27.8. The molecule has 0 saturated heterocycles. The zero-order valence-electron chi connectivity index (χ0n) is 21.0. The summed E-state index contributed by atoms with van der Waals surface area (Å²) in [6, 6.07) is 12.3. The second kappa shape index (κ2) is 11.3. The smallest absolute Gasteiger partial charge is 0.416 e. The summed E-state index contributed by atoms with van der Waals surface area (Å²) in [6.07, 6.45) is -3.97. The zero-order valence-corrected chi connectivity index (χ0v) is 22.6. The minimum absolute atomic E-state index is 0.0526. The second-order valence-corrected chi connectivity index (χ2v) is 11.6. The molecule has 0 bridgehead atoms. The Labute approximate surface area is 224 Å². The molecule has 7 nitrogen and oxygen atoms in total. The van der Waals surface area contributed by atoms with Crippen molar-refractivity contribution >= 4 is 39.1 Å². The number of thiophene rings is 1. The van der Waals surface area contributed by atoms with Crippen LogP contribution in [0.15, 0.2) is 54.9 Å². The first-order chi connectivity index (χ1) is 17.9. The highest BCUT2D eigenvalue weighted by Gasteiger charge is 2.35. The molecule has 38 heavy (non-hydrogen) atoms. The Morgan fingerprint density at radius 1 is 1.21 bits per heavy atom. The van der Waals surface area contributed by atoms with Gasteiger partial charge in [0.2, 0.25) is 0 Å². The SMILES string of the molecule is CC(Oc1cc(-n2cnc3ccc(CS(=O)CCN(C)C)cc32)sc1C(N)=O)c1ccccc1C(F)(F)F. The average molecular weight is 565 g/mol. The molecular formula is C26H27F3N4O3S2. The Bertz CT molecular complexity index is 1480. The molecule has 0 aliphatic carbocycles. The standard InChI is InChI=1S/C26H27F3N4O3S2/c1-16(18-6-4-5-7-19(18)26(27,28)29)36-22-13-23(37-24(22)25(30)34)33-15-31-20-9-8-17(12-21(20)33)14-38(35)11-10-32(2)3/h4-9,12-13,15-16H,10-11,14H2,1-3H3,(H2,30,34). The minimum atomic E-state index is -4.55. The maximum atomic E-state index is 13.5. The summed E-state index contributed by atoms with van der Waals surface area (Å²) in [7, 11) is 2.81. The molecule has 0 spiro atoms. The van der Waals surface area contributed by atoms with Gasteiger partial charge in [0.15, 0.2) is 0 Å². The molecule has 202 valence electrons. The van der Waals surface area contributed by atoms with Gasteiger partial charge in [-0.3, -0.25) is 13.6 Å². The van der Waals surface area contributed by atoms with Gasteiger partial charge in [0.1, 0.15) is 28.1 Å². The van der Waals surface area contributed by atoms with E-state index in [1.165, 1.54) is 25.1 Å². The number of imidazole rings is 1. The van der Waals surface area contributed by atoms with Gasteiger partial charge in [0.25, 0.3) is 5.91 Å². The summed E-state index contributed by atoms with van der Waals surface area (Å²) in [5.74, 6) is 0.267. The van der Waals surface area contributed by atoms with Crippen molar-refractivity contribution in [3.8, 4) is 10.8 Å². The molecule has 2 atom stereocenters. The van der Waals surface area contributed by atoms with E-state index in [-0.39, 0.29) is 16.2 Å². The summed E-state index contributed by atoms with van der Waals surface area (Å²) in [5.41, 5.74) is 7.02. The molecule has 2 N–H and O–H groups in total. The topological polar surface area (TPSA) is 90.5 Å². The van der Waals surface area contributed by atoms with Crippen molar-refractivity contribution in [3.05, 3.63) is 76.4 Å². The van der Waals surface area contributed by atoms with Crippen molar-refractivity contribution < 1.29 is 26.9 Å². The lowest BCUT2D eigenvalue weighted by atomic mass is 10.0. The number of nitrogens with zero attached hydrogens (tertiary/aromatic N) is 3. The van der Waals surface area contributed by atoms with E-state index in [1.54, 1.807) is 17.0 Å². The Morgan fingerprint density at radius 2 is 1.95 bits per heavy atom. The molecule has 0 aliphatic heterocycles. The summed E-state index contributed by atoms with van der Waals surface area (Å²) >= 11 is 1.05. The Kier molecular flexibility index (Phi) is 8.24. The highest BCUT2D eigenvalue weighted by atomic mass is 32.2. The van der Waals surface area contributed by atoms with Gasteiger partial charge in [-0.15, -0.1) is 11.3 Å². The van der Waals surface area contributed by atoms with Crippen LogP contribution in [0.5, 0.6) is 5.75 Å². The molecule has 0 aliphatic rings. The molecule has 2 aromatic carbocycles. The van der Waals surface area contributed by atoms with E-state index in [2.05, 4.69) is 4.98 Å². The normalized spacial score (nSPS) is 13.7. The van der Waals surface area contributed by atoms with Crippen LogP contribution in [0, 0.1) is 0 Å². The molecule has 2 unspecified atom stereocenters. The van der Waals surface area contributed by atoms with Gasteiger partial charge < -0.3 is 15.4 Å². The number of primary amides is 1. The lowest BCUT2D eigenvalue weighted by molar-refractivity contribution is -0.139. The van der Waals surface area contributed by atoms with Crippen LogP contribution in [0.2, 0.25) is 0 Å². The van der Waals surface area contributed by atoms with Crippen LogP contribution in [0.1, 0.15) is 39.4 Å². The molecular weight excluding hydrogens is 537 g/mol. The number of amides is 1. The number of alkyl halides is 3. The molecule has 0 saturated carbocycles. The molecule has 4 aromatic rings. The highest BCUT2D eigenvalue weighted by molar-refractivity contribution is 7.84. The third kappa shape index (κ3) is 6.25. The predicted octanol–water partition coefficient (Wildman–Crippen LogP) is 5.16. The summed E-state index contributed by atoms with van der Waals surface area (Å²) in [5, 5.41) is 0.554. The third-order valence-corrected chi connectivity index (χ3v) is 8.28. The number of hydrogen-bond donors (Lipinski definition) is 1. The monoisotopic (exact) mass is 564 g/mol. The van der Waals surface area contributed by atoms with E-state index in [1.807, 2.05) is 37.2 Å². The van der Waals surface area contributed by atoms with E-state index in [0.29, 0.717) is 28.6 Å². The van der Waals surface area contributed by atoms with E-state index in [0.717, 1.165) is 28.5 Å². The van der Waals surface area contributed by atoms with E-state index < -0.39 is 34.6 Å². The van der Waals surface area contributed by atoms with Crippen LogP contribution < -0.4 is 10.5 Å². The van der Waals surface area contributed by atoms with E-state index >= 15 is 0 Å². The van der Waals surface area contributed by atoms with Gasteiger partial charge in [-0.05, 0) is 44.8 Å². The largest absolute Gasteiger partial charge is 0.484 e. The van der Waals surface area contributed by atoms with E-state index in [4.69, 9.17) is 10.5 Å². The fourth-order valence-corrected chi connectivity index (χ4v) is 6.16. The molecule has 1 amide bonds.